The molecule has 0 heterocycles. The van der Waals surface area contributed by atoms with Gasteiger partial charge in [-0.1, -0.05) is 0 Å². The zero-order valence-corrected chi connectivity index (χ0v) is 17.2. The van der Waals surface area contributed by atoms with Crippen molar-refractivity contribution in [2.75, 3.05) is 10.6 Å². The van der Waals surface area contributed by atoms with Crippen LogP contribution in [0.3, 0.4) is 0 Å². The van der Waals surface area contributed by atoms with E-state index in [0.29, 0.717) is 16.8 Å². The molecule has 0 radical (unpaired) electrons. The Morgan fingerprint density at radius 2 is 1.50 bits per heavy atom. The van der Waals surface area contributed by atoms with Crippen molar-refractivity contribution in [1.82, 2.24) is 0 Å². The third kappa shape index (κ3) is 3.51. The molecule has 4 aliphatic rings. The number of benzene rings is 2. The van der Waals surface area contributed by atoms with Crippen molar-refractivity contribution >= 4 is 23.2 Å². The standard InChI is InChI=1S/C25H27FN2O2/c1-15-8-20(26)4-7-22(15)28-23(29)19-2-5-21(6-3-19)27-24(30)25-12-16-9-17(13-25)11-18(10-16)14-25/h2-8,16-18H,9-14H2,1H3,(H,27,30)(H,28,29). The first-order chi connectivity index (χ1) is 14.4. The van der Waals surface area contributed by atoms with E-state index in [1.165, 1.54) is 31.4 Å². The molecule has 4 nitrogen and oxygen atoms in total. The molecule has 2 aromatic rings. The lowest BCUT2D eigenvalue weighted by molar-refractivity contribution is -0.140. The van der Waals surface area contributed by atoms with Crippen LogP contribution in [0, 0.1) is 35.9 Å². The number of halogens is 1. The number of amides is 2. The highest BCUT2D eigenvalue weighted by Crippen LogP contribution is 2.60. The quantitative estimate of drug-likeness (QED) is 0.700. The van der Waals surface area contributed by atoms with Gasteiger partial charge in [0.15, 0.2) is 0 Å². The van der Waals surface area contributed by atoms with Crippen LogP contribution in [0.25, 0.3) is 0 Å². The van der Waals surface area contributed by atoms with E-state index in [1.807, 2.05) is 0 Å². The Balaban J connectivity index is 1.25. The largest absolute Gasteiger partial charge is 0.326 e. The molecule has 156 valence electrons. The number of rotatable bonds is 4. The fraction of sp³-hybridized carbons (Fsp3) is 0.440. The highest BCUT2D eigenvalue weighted by atomic mass is 19.1. The SMILES string of the molecule is Cc1cc(F)ccc1NC(=O)c1ccc(NC(=O)C23CC4CC(CC(C4)C2)C3)cc1. The molecule has 2 aromatic carbocycles. The third-order valence-corrected chi connectivity index (χ3v) is 7.36. The normalized spacial score (nSPS) is 28.9. The van der Waals surface area contributed by atoms with E-state index in [0.717, 1.165) is 42.7 Å². The Labute approximate surface area is 176 Å². The summed E-state index contributed by atoms with van der Waals surface area (Å²) < 4.78 is 13.2. The molecule has 4 aliphatic carbocycles. The number of aryl methyl sites for hydroxylation is 1. The van der Waals surface area contributed by atoms with Crippen LogP contribution in [0.2, 0.25) is 0 Å². The Hall–Kier alpha value is -2.69. The fourth-order valence-corrected chi connectivity index (χ4v) is 6.32. The van der Waals surface area contributed by atoms with Gasteiger partial charge in [-0.3, -0.25) is 9.59 Å². The van der Waals surface area contributed by atoms with E-state index in [1.54, 1.807) is 37.3 Å². The van der Waals surface area contributed by atoms with Crippen molar-refractivity contribution in [1.29, 1.82) is 0 Å². The van der Waals surface area contributed by atoms with Gasteiger partial charge in [0, 0.05) is 16.9 Å². The summed E-state index contributed by atoms with van der Waals surface area (Å²) >= 11 is 0. The van der Waals surface area contributed by atoms with Gasteiger partial charge in [-0.15, -0.1) is 0 Å². The van der Waals surface area contributed by atoms with Crippen LogP contribution < -0.4 is 10.6 Å². The van der Waals surface area contributed by atoms with Crippen molar-refractivity contribution in [3.8, 4) is 0 Å². The lowest BCUT2D eigenvalue weighted by Gasteiger charge is -2.55. The molecule has 0 atom stereocenters. The molecule has 2 amide bonds. The van der Waals surface area contributed by atoms with Crippen molar-refractivity contribution < 1.29 is 14.0 Å². The second kappa shape index (κ2) is 7.22. The van der Waals surface area contributed by atoms with Crippen molar-refractivity contribution in [3.63, 3.8) is 0 Å². The maximum absolute atomic E-state index is 13.2. The zero-order chi connectivity index (χ0) is 20.9. The summed E-state index contributed by atoms with van der Waals surface area (Å²) in [5, 5.41) is 5.93. The first-order valence-electron chi connectivity index (χ1n) is 10.9. The average Bonchev–Trinajstić information content (AvgIpc) is 2.69. The first kappa shape index (κ1) is 19.3. The van der Waals surface area contributed by atoms with Gasteiger partial charge in [0.25, 0.3) is 5.91 Å². The van der Waals surface area contributed by atoms with Crippen molar-refractivity contribution in [2.45, 2.75) is 45.4 Å². The van der Waals surface area contributed by atoms with Crippen LogP contribution >= 0.6 is 0 Å². The molecule has 0 saturated heterocycles. The molecule has 2 N–H and O–H groups in total. The van der Waals surface area contributed by atoms with E-state index < -0.39 is 0 Å². The molecule has 4 saturated carbocycles. The van der Waals surface area contributed by atoms with E-state index in [4.69, 9.17) is 0 Å². The molecular formula is C25H27FN2O2. The molecule has 5 heteroatoms. The maximum Gasteiger partial charge on any atom is 0.255 e. The highest BCUT2D eigenvalue weighted by Gasteiger charge is 2.54. The zero-order valence-electron chi connectivity index (χ0n) is 17.2. The molecule has 4 fully saturated rings. The molecule has 30 heavy (non-hydrogen) atoms. The van der Waals surface area contributed by atoms with E-state index in [2.05, 4.69) is 10.6 Å². The minimum absolute atomic E-state index is 0.153. The summed E-state index contributed by atoms with van der Waals surface area (Å²) in [4.78, 5) is 25.7. The second-order valence-electron chi connectivity index (χ2n) is 9.64. The molecule has 0 aromatic heterocycles. The summed E-state index contributed by atoms with van der Waals surface area (Å²) in [5.74, 6) is 1.74. The van der Waals surface area contributed by atoms with Gasteiger partial charge in [-0.2, -0.15) is 0 Å². The lowest BCUT2D eigenvalue weighted by Crippen LogP contribution is -2.51. The molecular weight excluding hydrogens is 379 g/mol. The van der Waals surface area contributed by atoms with Gasteiger partial charge in [-0.05, 0) is 111 Å². The summed E-state index contributed by atoms with van der Waals surface area (Å²) in [5.41, 5.74) is 2.28. The van der Waals surface area contributed by atoms with Gasteiger partial charge >= 0.3 is 0 Å². The average molecular weight is 407 g/mol. The monoisotopic (exact) mass is 406 g/mol. The molecule has 0 unspecified atom stereocenters. The molecule has 0 spiro atoms. The molecule has 6 rings (SSSR count). The predicted octanol–water partition coefficient (Wildman–Crippen LogP) is 5.54. The lowest BCUT2D eigenvalue weighted by atomic mass is 9.49. The minimum atomic E-state index is -0.329. The van der Waals surface area contributed by atoms with E-state index >= 15 is 0 Å². The van der Waals surface area contributed by atoms with Gasteiger partial charge in [0.05, 0.1) is 5.41 Å². The van der Waals surface area contributed by atoms with Gasteiger partial charge in [0.2, 0.25) is 5.91 Å². The minimum Gasteiger partial charge on any atom is -0.326 e. The van der Waals surface area contributed by atoms with Crippen LogP contribution in [0.4, 0.5) is 15.8 Å². The molecule has 4 bridgehead atoms. The second-order valence-corrected chi connectivity index (χ2v) is 9.64. The number of carbonyl (C=O) groups excluding carboxylic acids is 2. The van der Waals surface area contributed by atoms with Gasteiger partial charge in [0.1, 0.15) is 5.82 Å². The number of carbonyl (C=O) groups is 2. The third-order valence-electron chi connectivity index (χ3n) is 7.36. The first-order valence-corrected chi connectivity index (χ1v) is 10.9. The van der Waals surface area contributed by atoms with Gasteiger partial charge in [-0.25, -0.2) is 4.39 Å². The predicted molar refractivity (Wildman–Crippen MR) is 115 cm³/mol. The summed E-state index contributed by atoms with van der Waals surface area (Å²) in [6.45, 7) is 1.75. The summed E-state index contributed by atoms with van der Waals surface area (Å²) in [6, 6.07) is 11.3. The fourth-order valence-electron chi connectivity index (χ4n) is 6.32. The van der Waals surface area contributed by atoms with Crippen LogP contribution in [-0.2, 0) is 4.79 Å². The Kier molecular flexibility index (Phi) is 4.64. The van der Waals surface area contributed by atoms with E-state index in [-0.39, 0.29) is 23.0 Å². The van der Waals surface area contributed by atoms with Crippen LogP contribution in [-0.4, -0.2) is 11.8 Å². The van der Waals surface area contributed by atoms with E-state index in [9.17, 15) is 14.0 Å². The number of hydrogen-bond acceptors (Lipinski definition) is 2. The molecule has 0 aliphatic heterocycles. The Morgan fingerprint density at radius 1 is 0.900 bits per heavy atom. The Morgan fingerprint density at radius 3 is 2.07 bits per heavy atom. The highest BCUT2D eigenvalue weighted by molar-refractivity contribution is 6.05. The van der Waals surface area contributed by atoms with Crippen LogP contribution in [0.1, 0.15) is 54.4 Å². The summed E-state index contributed by atoms with van der Waals surface area (Å²) in [7, 11) is 0. The van der Waals surface area contributed by atoms with Crippen molar-refractivity contribution in [3.05, 3.63) is 59.4 Å². The van der Waals surface area contributed by atoms with Gasteiger partial charge < -0.3 is 10.6 Å². The maximum atomic E-state index is 13.2. The number of hydrogen-bond donors (Lipinski definition) is 2. The summed E-state index contributed by atoms with van der Waals surface area (Å²) in [6.07, 6.45) is 7.02. The number of anilines is 2. The van der Waals surface area contributed by atoms with Crippen LogP contribution in [0.15, 0.2) is 42.5 Å². The topological polar surface area (TPSA) is 58.2 Å². The van der Waals surface area contributed by atoms with Crippen LogP contribution in [0.5, 0.6) is 0 Å². The van der Waals surface area contributed by atoms with Crippen molar-refractivity contribution in [2.24, 2.45) is 23.2 Å². The Bertz CT molecular complexity index is 963. The smallest absolute Gasteiger partial charge is 0.255 e. The number of nitrogens with one attached hydrogen (secondary N) is 2.